The van der Waals surface area contributed by atoms with Gasteiger partial charge < -0.3 is 5.73 Å². The van der Waals surface area contributed by atoms with E-state index in [4.69, 9.17) is 5.73 Å². The van der Waals surface area contributed by atoms with E-state index in [0.29, 0.717) is 5.17 Å². The molecule has 4 heteroatoms. The maximum atomic E-state index is 5.36. The molecule has 8 heavy (non-hydrogen) atoms. The number of nitrogens with zero attached hydrogens (tertiary/aromatic N) is 1. The molecule has 0 saturated heterocycles. The molecule has 0 radical (unpaired) electrons. The first-order valence-electron chi connectivity index (χ1n) is 2.09. The fraction of sp³-hybridized carbons (Fsp3) is 0.250. The highest BCUT2D eigenvalue weighted by Gasteiger charge is 2.00. The second-order valence-corrected chi connectivity index (χ2v) is 3.71. The first-order chi connectivity index (χ1) is 3.79. The van der Waals surface area contributed by atoms with Crippen molar-refractivity contribution in [2.75, 3.05) is 5.75 Å². The van der Waals surface area contributed by atoms with Crippen LogP contribution >= 0.6 is 34.4 Å². The van der Waals surface area contributed by atoms with Crippen LogP contribution in [0.25, 0.3) is 0 Å². The standard InChI is InChI=1S/C4H5IN2S/c5-3-1-7-4(6)8-2-3/h1H,2H2,(H2,6,7). The van der Waals surface area contributed by atoms with E-state index >= 15 is 0 Å². The minimum atomic E-state index is 0.672. The van der Waals surface area contributed by atoms with E-state index in [9.17, 15) is 0 Å². The number of hydrogen-bond acceptors (Lipinski definition) is 3. The van der Waals surface area contributed by atoms with Gasteiger partial charge >= 0.3 is 0 Å². The summed E-state index contributed by atoms with van der Waals surface area (Å²) < 4.78 is 1.25. The summed E-state index contributed by atoms with van der Waals surface area (Å²) in [5, 5.41) is 0.672. The molecule has 44 valence electrons. The van der Waals surface area contributed by atoms with Gasteiger partial charge in [0.2, 0.25) is 0 Å². The van der Waals surface area contributed by atoms with Crippen molar-refractivity contribution in [2.45, 2.75) is 0 Å². The molecule has 1 rings (SSSR count). The van der Waals surface area contributed by atoms with Crippen LogP contribution < -0.4 is 5.73 Å². The Bertz CT molecular complexity index is 134. The van der Waals surface area contributed by atoms with E-state index < -0.39 is 0 Å². The van der Waals surface area contributed by atoms with Crippen LogP contribution in [0.1, 0.15) is 0 Å². The largest absolute Gasteiger partial charge is 0.378 e. The van der Waals surface area contributed by atoms with Crippen molar-refractivity contribution in [2.24, 2.45) is 10.7 Å². The average molecular weight is 240 g/mol. The van der Waals surface area contributed by atoms with Crippen molar-refractivity contribution in [1.29, 1.82) is 0 Å². The SMILES string of the molecule is NC1=NC=C(I)CS1. The van der Waals surface area contributed by atoms with Crippen LogP contribution in [0.15, 0.2) is 14.8 Å². The summed E-state index contributed by atoms with van der Waals surface area (Å²) in [7, 11) is 0. The van der Waals surface area contributed by atoms with Gasteiger partial charge in [-0.3, -0.25) is 0 Å². The highest BCUT2D eigenvalue weighted by Crippen LogP contribution is 2.18. The molecule has 2 N–H and O–H groups in total. The molecule has 0 spiro atoms. The Morgan fingerprint density at radius 2 is 2.62 bits per heavy atom. The number of halogens is 1. The van der Waals surface area contributed by atoms with Crippen molar-refractivity contribution >= 4 is 39.5 Å². The van der Waals surface area contributed by atoms with E-state index in [1.54, 1.807) is 18.0 Å². The zero-order chi connectivity index (χ0) is 5.98. The lowest BCUT2D eigenvalue weighted by Crippen LogP contribution is -2.08. The lowest BCUT2D eigenvalue weighted by atomic mass is 10.7. The Hall–Kier alpha value is 0.290. The Balaban J connectivity index is 2.65. The summed E-state index contributed by atoms with van der Waals surface area (Å²) in [4.78, 5) is 3.90. The van der Waals surface area contributed by atoms with Gasteiger partial charge in [-0.1, -0.05) is 11.8 Å². The van der Waals surface area contributed by atoms with Crippen LogP contribution in [0.4, 0.5) is 0 Å². The Kier molecular flexibility index (Phi) is 2.18. The number of rotatable bonds is 0. The van der Waals surface area contributed by atoms with Gasteiger partial charge in [0.05, 0.1) is 0 Å². The molecule has 0 atom stereocenters. The van der Waals surface area contributed by atoms with Crippen molar-refractivity contribution < 1.29 is 0 Å². The maximum Gasteiger partial charge on any atom is 0.158 e. The van der Waals surface area contributed by atoms with Crippen LogP contribution in [0, 0.1) is 0 Å². The van der Waals surface area contributed by atoms with Crippen LogP contribution in [-0.2, 0) is 0 Å². The lowest BCUT2D eigenvalue weighted by Gasteiger charge is -2.02. The molecule has 0 fully saturated rings. The summed E-state index contributed by atoms with van der Waals surface area (Å²) in [5.41, 5.74) is 5.36. The van der Waals surface area contributed by atoms with Gasteiger partial charge in [-0.25, -0.2) is 4.99 Å². The number of amidine groups is 1. The second-order valence-electron chi connectivity index (χ2n) is 1.33. The number of aliphatic imine (C=N–C) groups is 1. The molecular weight excluding hydrogens is 235 g/mol. The smallest absolute Gasteiger partial charge is 0.158 e. The molecule has 0 bridgehead atoms. The van der Waals surface area contributed by atoms with Crippen LogP contribution in [0.3, 0.4) is 0 Å². The Labute approximate surface area is 65.8 Å². The topological polar surface area (TPSA) is 38.4 Å². The summed E-state index contributed by atoms with van der Waals surface area (Å²) >= 11 is 3.82. The predicted octanol–water partition coefficient (Wildman–Crippen LogP) is 1.32. The van der Waals surface area contributed by atoms with Crippen molar-refractivity contribution in [3.05, 3.63) is 9.78 Å². The Morgan fingerprint density at radius 3 is 3.00 bits per heavy atom. The predicted molar refractivity (Wildman–Crippen MR) is 46.2 cm³/mol. The minimum Gasteiger partial charge on any atom is -0.378 e. The fourth-order valence-corrected chi connectivity index (χ4v) is 1.45. The van der Waals surface area contributed by atoms with E-state index in [0.717, 1.165) is 5.75 Å². The van der Waals surface area contributed by atoms with E-state index in [1.807, 2.05) is 0 Å². The molecule has 0 aromatic carbocycles. The molecule has 1 aliphatic heterocycles. The van der Waals surface area contributed by atoms with Gasteiger partial charge in [-0.2, -0.15) is 0 Å². The molecule has 0 aromatic rings. The highest BCUT2D eigenvalue weighted by molar-refractivity contribution is 14.1. The third-order valence-electron chi connectivity index (χ3n) is 0.690. The molecule has 0 saturated carbocycles. The van der Waals surface area contributed by atoms with Crippen molar-refractivity contribution in [3.8, 4) is 0 Å². The molecule has 0 amide bonds. The summed E-state index contributed by atoms with van der Waals surface area (Å²) in [5.74, 6) is 0.982. The van der Waals surface area contributed by atoms with Crippen LogP contribution in [0.5, 0.6) is 0 Å². The molecule has 1 heterocycles. The van der Waals surface area contributed by atoms with Crippen LogP contribution in [-0.4, -0.2) is 10.9 Å². The third kappa shape index (κ3) is 1.66. The molecule has 0 aliphatic carbocycles. The zero-order valence-corrected chi connectivity index (χ0v) is 7.07. The van der Waals surface area contributed by atoms with E-state index in [-0.39, 0.29) is 0 Å². The minimum absolute atomic E-state index is 0.672. The number of thioether (sulfide) groups is 1. The zero-order valence-electron chi connectivity index (χ0n) is 4.10. The molecule has 1 aliphatic rings. The van der Waals surface area contributed by atoms with Gasteiger partial charge in [0.25, 0.3) is 0 Å². The summed E-state index contributed by atoms with van der Waals surface area (Å²) in [6, 6.07) is 0. The maximum absolute atomic E-state index is 5.36. The average Bonchev–Trinajstić information content (AvgIpc) is 1.77. The lowest BCUT2D eigenvalue weighted by molar-refractivity contribution is 1.49. The van der Waals surface area contributed by atoms with Crippen molar-refractivity contribution in [1.82, 2.24) is 0 Å². The van der Waals surface area contributed by atoms with Gasteiger partial charge in [-0.15, -0.1) is 0 Å². The molecular formula is C4H5IN2S. The molecule has 2 nitrogen and oxygen atoms in total. The first-order valence-corrected chi connectivity index (χ1v) is 4.16. The van der Waals surface area contributed by atoms with E-state index in [1.165, 1.54) is 3.58 Å². The number of hydrogen-bond donors (Lipinski definition) is 1. The summed E-state index contributed by atoms with van der Waals surface area (Å²) in [6.45, 7) is 0. The molecule has 0 unspecified atom stereocenters. The number of nitrogens with two attached hydrogens (primary N) is 1. The monoisotopic (exact) mass is 240 g/mol. The van der Waals surface area contributed by atoms with Gasteiger partial charge in [0.1, 0.15) is 0 Å². The normalized spacial score (nSPS) is 19.6. The fourth-order valence-electron chi connectivity index (χ4n) is 0.351. The van der Waals surface area contributed by atoms with Gasteiger partial charge in [0.15, 0.2) is 5.17 Å². The van der Waals surface area contributed by atoms with Crippen LogP contribution in [0.2, 0.25) is 0 Å². The van der Waals surface area contributed by atoms with Gasteiger partial charge in [-0.05, 0) is 22.6 Å². The highest BCUT2D eigenvalue weighted by atomic mass is 127. The van der Waals surface area contributed by atoms with Gasteiger partial charge in [0, 0.05) is 15.5 Å². The second kappa shape index (κ2) is 2.72. The van der Waals surface area contributed by atoms with Crippen molar-refractivity contribution in [3.63, 3.8) is 0 Å². The quantitative estimate of drug-likeness (QED) is 0.648. The molecule has 0 aromatic heterocycles. The Morgan fingerprint density at radius 1 is 1.88 bits per heavy atom. The first kappa shape index (κ1) is 6.41. The third-order valence-corrected chi connectivity index (χ3v) is 2.72. The van der Waals surface area contributed by atoms with E-state index in [2.05, 4.69) is 27.6 Å². The summed E-state index contributed by atoms with van der Waals surface area (Å²) in [6.07, 6.45) is 1.80.